The minimum Gasteiger partial charge on any atom is -0.336 e. The highest BCUT2D eigenvalue weighted by Gasteiger charge is 2.24. The fraction of sp³-hybridized carbons (Fsp3) is 0.240. The summed E-state index contributed by atoms with van der Waals surface area (Å²) in [6.07, 6.45) is 3.65. The Balaban J connectivity index is 1.28. The summed E-state index contributed by atoms with van der Waals surface area (Å²) in [5.41, 5.74) is 2.23. The number of amides is 3. The lowest BCUT2D eigenvalue weighted by molar-refractivity contribution is 0.102. The van der Waals surface area contributed by atoms with E-state index in [1.807, 2.05) is 18.2 Å². The van der Waals surface area contributed by atoms with Gasteiger partial charge in [-0.15, -0.1) is 0 Å². The second-order valence-corrected chi connectivity index (χ2v) is 8.42. The predicted octanol–water partition coefficient (Wildman–Crippen LogP) is 4.77. The average Bonchev–Trinajstić information content (AvgIpc) is 3.27. The van der Waals surface area contributed by atoms with Gasteiger partial charge in [-0.05, 0) is 55.3 Å². The van der Waals surface area contributed by atoms with E-state index in [0.29, 0.717) is 34.7 Å². The molecule has 3 N–H and O–H groups in total. The van der Waals surface area contributed by atoms with Crippen LogP contribution in [-0.2, 0) is 6.54 Å². The molecule has 8 heteroatoms. The van der Waals surface area contributed by atoms with Crippen LogP contribution < -0.4 is 16.0 Å². The SMILES string of the molecule is O=C(NCC1CCCN1Cc1ccccc1)Nc1cccc(C(=O)Nc2ccc(Cl)cn2)c1. The molecule has 170 valence electrons. The Morgan fingerprint density at radius 2 is 1.88 bits per heavy atom. The van der Waals surface area contributed by atoms with Crippen molar-refractivity contribution in [2.75, 3.05) is 23.7 Å². The summed E-state index contributed by atoms with van der Waals surface area (Å²) < 4.78 is 0. The minimum atomic E-state index is -0.323. The number of pyridine rings is 1. The molecule has 4 rings (SSSR count). The van der Waals surface area contributed by atoms with E-state index in [9.17, 15) is 9.59 Å². The summed E-state index contributed by atoms with van der Waals surface area (Å²) in [4.78, 5) is 31.4. The van der Waals surface area contributed by atoms with Crippen LogP contribution in [0, 0.1) is 0 Å². The molecular formula is C25H26ClN5O2. The van der Waals surface area contributed by atoms with E-state index in [1.165, 1.54) is 11.8 Å². The summed E-state index contributed by atoms with van der Waals surface area (Å²) in [5, 5.41) is 8.99. The smallest absolute Gasteiger partial charge is 0.319 e. The molecular weight excluding hydrogens is 438 g/mol. The van der Waals surface area contributed by atoms with Crippen LogP contribution in [0.25, 0.3) is 0 Å². The first-order chi connectivity index (χ1) is 16.1. The van der Waals surface area contributed by atoms with Crippen LogP contribution >= 0.6 is 11.6 Å². The van der Waals surface area contributed by atoms with Gasteiger partial charge in [0.2, 0.25) is 0 Å². The fourth-order valence-corrected chi connectivity index (χ4v) is 4.03. The van der Waals surface area contributed by atoms with Crippen LogP contribution in [0.2, 0.25) is 5.02 Å². The molecule has 0 saturated carbocycles. The van der Waals surface area contributed by atoms with Crippen molar-refractivity contribution >= 4 is 35.0 Å². The highest BCUT2D eigenvalue weighted by Crippen LogP contribution is 2.20. The zero-order chi connectivity index (χ0) is 23.0. The number of likely N-dealkylation sites (tertiary alicyclic amines) is 1. The van der Waals surface area contributed by atoms with E-state index in [-0.39, 0.29) is 11.9 Å². The number of urea groups is 1. The lowest BCUT2D eigenvalue weighted by atomic mass is 10.2. The Hall–Kier alpha value is -3.42. The van der Waals surface area contributed by atoms with Crippen LogP contribution in [0.5, 0.6) is 0 Å². The molecule has 0 radical (unpaired) electrons. The number of nitrogens with one attached hydrogen (secondary N) is 3. The van der Waals surface area contributed by atoms with Crippen molar-refractivity contribution in [1.82, 2.24) is 15.2 Å². The molecule has 1 atom stereocenters. The molecule has 7 nitrogen and oxygen atoms in total. The van der Waals surface area contributed by atoms with Gasteiger partial charge in [0.05, 0.1) is 5.02 Å². The third-order valence-electron chi connectivity index (χ3n) is 5.58. The summed E-state index contributed by atoms with van der Waals surface area (Å²) >= 11 is 5.82. The maximum absolute atomic E-state index is 12.5. The van der Waals surface area contributed by atoms with Gasteiger partial charge in [0, 0.05) is 36.6 Å². The molecule has 1 aliphatic heterocycles. The quantitative estimate of drug-likeness (QED) is 0.471. The van der Waals surface area contributed by atoms with Crippen LogP contribution in [-0.4, -0.2) is 41.0 Å². The number of hydrogen-bond acceptors (Lipinski definition) is 4. The van der Waals surface area contributed by atoms with Crippen molar-refractivity contribution in [3.8, 4) is 0 Å². The molecule has 0 spiro atoms. The predicted molar refractivity (Wildman–Crippen MR) is 131 cm³/mol. The van der Waals surface area contributed by atoms with E-state index in [4.69, 9.17) is 11.6 Å². The highest BCUT2D eigenvalue weighted by molar-refractivity contribution is 6.30. The molecule has 1 fully saturated rings. The molecule has 3 amide bonds. The number of hydrogen-bond donors (Lipinski definition) is 3. The van der Waals surface area contributed by atoms with Gasteiger partial charge in [0.1, 0.15) is 5.82 Å². The van der Waals surface area contributed by atoms with Gasteiger partial charge >= 0.3 is 6.03 Å². The molecule has 3 aromatic rings. The Morgan fingerprint density at radius 3 is 2.67 bits per heavy atom. The number of carbonyl (C=O) groups excluding carboxylic acids is 2. The van der Waals surface area contributed by atoms with Crippen molar-refractivity contribution < 1.29 is 9.59 Å². The molecule has 1 saturated heterocycles. The first-order valence-corrected chi connectivity index (χ1v) is 11.3. The van der Waals surface area contributed by atoms with Crippen LogP contribution in [0.1, 0.15) is 28.8 Å². The molecule has 2 aromatic carbocycles. The standard InChI is InChI=1S/C25H26ClN5O2/c26-20-11-12-23(27-15-20)30-24(32)19-8-4-9-21(14-19)29-25(33)28-16-22-10-5-13-31(22)17-18-6-2-1-3-7-18/h1-4,6-9,11-12,14-15,22H,5,10,13,16-17H2,(H,27,30,32)(H2,28,29,33). The van der Waals surface area contributed by atoms with Gasteiger partial charge < -0.3 is 16.0 Å². The zero-order valence-electron chi connectivity index (χ0n) is 18.1. The number of halogens is 1. The normalized spacial score (nSPS) is 15.7. The topological polar surface area (TPSA) is 86.4 Å². The maximum atomic E-state index is 12.5. The van der Waals surface area contributed by atoms with Gasteiger partial charge in [0.25, 0.3) is 5.91 Å². The second-order valence-electron chi connectivity index (χ2n) is 7.98. The number of carbonyl (C=O) groups is 2. The van der Waals surface area contributed by atoms with E-state index in [2.05, 4.69) is 38.0 Å². The third-order valence-corrected chi connectivity index (χ3v) is 5.80. The maximum Gasteiger partial charge on any atom is 0.319 e. The number of benzene rings is 2. The summed E-state index contributed by atoms with van der Waals surface area (Å²) in [7, 11) is 0. The highest BCUT2D eigenvalue weighted by atomic mass is 35.5. The fourth-order valence-electron chi connectivity index (χ4n) is 3.91. The molecule has 2 heterocycles. The lowest BCUT2D eigenvalue weighted by Crippen LogP contribution is -2.41. The Labute approximate surface area is 198 Å². The summed E-state index contributed by atoms with van der Waals surface area (Å²) in [6.45, 7) is 2.48. The lowest BCUT2D eigenvalue weighted by Gasteiger charge is -2.24. The molecule has 0 bridgehead atoms. The number of anilines is 2. The molecule has 33 heavy (non-hydrogen) atoms. The van der Waals surface area contributed by atoms with Gasteiger partial charge in [-0.1, -0.05) is 48.0 Å². The average molecular weight is 464 g/mol. The number of aromatic nitrogens is 1. The second kappa shape index (κ2) is 10.9. The van der Waals surface area contributed by atoms with E-state index >= 15 is 0 Å². The van der Waals surface area contributed by atoms with Crippen LogP contribution in [0.3, 0.4) is 0 Å². The van der Waals surface area contributed by atoms with E-state index in [1.54, 1.807) is 36.4 Å². The Bertz CT molecular complexity index is 1090. The van der Waals surface area contributed by atoms with Crippen molar-refractivity contribution in [2.45, 2.75) is 25.4 Å². The van der Waals surface area contributed by atoms with Gasteiger partial charge in [-0.3, -0.25) is 9.69 Å². The molecule has 1 aliphatic rings. The van der Waals surface area contributed by atoms with E-state index in [0.717, 1.165) is 25.9 Å². The van der Waals surface area contributed by atoms with Gasteiger partial charge in [-0.25, -0.2) is 9.78 Å². The largest absolute Gasteiger partial charge is 0.336 e. The first kappa shape index (κ1) is 22.8. The Kier molecular flexibility index (Phi) is 7.55. The summed E-state index contributed by atoms with van der Waals surface area (Å²) in [5.74, 6) is 0.0773. The van der Waals surface area contributed by atoms with Gasteiger partial charge in [0.15, 0.2) is 0 Å². The van der Waals surface area contributed by atoms with Crippen LogP contribution in [0.4, 0.5) is 16.3 Å². The minimum absolute atomic E-state index is 0.293. The van der Waals surface area contributed by atoms with Crippen molar-refractivity contribution in [3.63, 3.8) is 0 Å². The first-order valence-electron chi connectivity index (χ1n) is 10.9. The molecule has 1 unspecified atom stereocenters. The number of nitrogens with zero attached hydrogens (tertiary/aromatic N) is 2. The third kappa shape index (κ3) is 6.54. The van der Waals surface area contributed by atoms with Crippen LogP contribution in [0.15, 0.2) is 72.9 Å². The van der Waals surface area contributed by atoms with E-state index < -0.39 is 0 Å². The zero-order valence-corrected chi connectivity index (χ0v) is 18.9. The Morgan fingerprint density at radius 1 is 1.03 bits per heavy atom. The van der Waals surface area contributed by atoms with Crippen molar-refractivity contribution in [2.24, 2.45) is 0 Å². The summed E-state index contributed by atoms with van der Waals surface area (Å²) in [6, 6.07) is 20.4. The molecule has 0 aliphatic carbocycles. The van der Waals surface area contributed by atoms with Crippen molar-refractivity contribution in [3.05, 3.63) is 89.1 Å². The monoisotopic (exact) mass is 463 g/mol. The van der Waals surface area contributed by atoms with Crippen molar-refractivity contribution in [1.29, 1.82) is 0 Å². The van der Waals surface area contributed by atoms with Gasteiger partial charge in [-0.2, -0.15) is 0 Å². The number of rotatable bonds is 7. The molecule has 1 aromatic heterocycles.